The van der Waals surface area contributed by atoms with Crippen LogP contribution in [0.25, 0.3) is 0 Å². The maximum Gasteiger partial charge on any atom is 0.303 e. The standard InChI is InChI=1S/C20H36O2/c1-2-3-4-5-6-7-8-9-10-11-12-13-14-15-16-17-18-19-20(21)22/h7-8,16-17H,2-6,9-15,18-19H2,1H3,(H,21,22)/b8-7+,17-16+. The number of carboxylic acid groups (broad SMARTS) is 1. The molecule has 0 heterocycles. The van der Waals surface area contributed by atoms with Crippen LogP contribution in [0.4, 0.5) is 0 Å². The Kier molecular flexibility index (Phi) is 17.1. The maximum atomic E-state index is 10.3. The molecule has 0 unspecified atom stereocenters. The third-order valence-electron chi connectivity index (χ3n) is 3.82. The van der Waals surface area contributed by atoms with E-state index in [1.54, 1.807) is 0 Å². The number of hydrogen-bond acceptors (Lipinski definition) is 1. The third kappa shape index (κ3) is 18.9. The van der Waals surface area contributed by atoms with Gasteiger partial charge in [-0.3, -0.25) is 4.79 Å². The molecule has 0 saturated heterocycles. The molecule has 22 heavy (non-hydrogen) atoms. The van der Waals surface area contributed by atoms with E-state index in [1.807, 2.05) is 6.08 Å². The summed E-state index contributed by atoms with van der Waals surface area (Å²) in [5.74, 6) is -0.709. The van der Waals surface area contributed by atoms with E-state index in [9.17, 15) is 4.79 Å². The molecule has 2 nitrogen and oxygen atoms in total. The summed E-state index contributed by atoms with van der Waals surface area (Å²) in [5, 5.41) is 8.50. The zero-order chi connectivity index (χ0) is 16.3. The Labute approximate surface area is 137 Å². The molecule has 0 fully saturated rings. The van der Waals surface area contributed by atoms with Crippen molar-refractivity contribution in [2.45, 2.75) is 96.8 Å². The summed E-state index contributed by atoms with van der Waals surface area (Å²) in [7, 11) is 0. The van der Waals surface area contributed by atoms with E-state index in [1.165, 1.54) is 70.6 Å². The van der Waals surface area contributed by atoms with Crippen molar-refractivity contribution in [3.05, 3.63) is 24.3 Å². The quantitative estimate of drug-likeness (QED) is 0.255. The van der Waals surface area contributed by atoms with E-state index in [2.05, 4.69) is 25.2 Å². The molecule has 0 aliphatic carbocycles. The minimum absolute atomic E-state index is 0.253. The Balaban J connectivity index is 3.13. The first-order valence-electron chi connectivity index (χ1n) is 9.29. The summed E-state index contributed by atoms with van der Waals surface area (Å²) >= 11 is 0. The predicted octanol–water partition coefficient (Wildman–Crippen LogP) is 6.66. The smallest absolute Gasteiger partial charge is 0.303 e. The molecule has 0 aliphatic heterocycles. The van der Waals surface area contributed by atoms with Gasteiger partial charge in [-0.2, -0.15) is 0 Å². The largest absolute Gasteiger partial charge is 0.481 e. The number of rotatable bonds is 16. The van der Waals surface area contributed by atoms with E-state index >= 15 is 0 Å². The second kappa shape index (κ2) is 18.0. The highest BCUT2D eigenvalue weighted by molar-refractivity contribution is 5.66. The highest BCUT2D eigenvalue weighted by atomic mass is 16.4. The van der Waals surface area contributed by atoms with Crippen LogP contribution in [0.1, 0.15) is 96.8 Å². The van der Waals surface area contributed by atoms with Gasteiger partial charge < -0.3 is 5.11 Å². The van der Waals surface area contributed by atoms with Crippen LogP contribution >= 0.6 is 0 Å². The molecule has 0 amide bonds. The first-order chi connectivity index (χ1) is 10.8. The van der Waals surface area contributed by atoms with Gasteiger partial charge in [-0.1, -0.05) is 69.8 Å². The van der Waals surface area contributed by atoms with Crippen molar-refractivity contribution in [1.82, 2.24) is 0 Å². The summed E-state index contributed by atoms with van der Waals surface area (Å²) in [4.78, 5) is 10.3. The van der Waals surface area contributed by atoms with Crippen LogP contribution in [-0.2, 0) is 4.79 Å². The SMILES string of the molecule is CCCCCC/C=C/CCCCCCC/C=C/CCC(=O)O. The van der Waals surface area contributed by atoms with Crippen molar-refractivity contribution < 1.29 is 9.90 Å². The van der Waals surface area contributed by atoms with Gasteiger partial charge in [0.05, 0.1) is 0 Å². The van der Waals surface area contributed by atoms with Crippen LogP contribution in [0.2, 0.25) is 0 Å². The Hall–Kier alpha value is -1.05. The average molecular weight is 309 g/mol. The van der Waals surface area contributed by atoms with Gasteiger partial charge in [-0.05, 0) is 44.9 Å². The van der Waals surface area contributed by atoms with Crippen LogP contribution in [0, 0.1) is 0 Å². The Morgan fingerprint density at radius 1 is 0.682 bits per heavy atom. The van der Waals surface area contributed by atoms with Crippen LogP contribution in [0.5, 0.6) is 0 Å². The van der Waals surface area contributed by atoms with E-state index in [0.717, 1.165) is 6.42 Å². The van der Waals surface area contributed by atoms with Gasteiger partial charge in [-0.15, -0.1) is 0 Å². The number of allylic oxidation sites excluding steroid dienone is 4. The normalized spacial score (nSPS) is 11.7. The van der Waals surface area contributed by atoms with Crippen LogP contribution in [0.15, 0.2) is 24.3 Å². The highest BCUT2D eigenvalue weighted by Gasteiger charge is 1.92. The molecule has 0 aromatic rings. The Morgan fingerprint density at radius 3 is 1.55 bits per heavy atom. The van der Waals surface area contributed by atoms with Crippen LogP contribution < -0.4 is 0 Å². The van der Waals surface area contributed by atoms with Crippen molar-refractivity contribution in [2.24, 2.45) is 0 Å². The van der Waals surface area contributed by atoms with Gasteiger partial charge in [0.2, 0.25) is 0 Å². The Morgan fingerprint density at radius 2 is 1.09 bits per heavy atom. The van der Waals surface area contributed by atoms with Crippen molar-refractivity contribution in [1.29, 1.82) is 0 Å². The predicted molar refractivity (Wildman–Crippen MR) is 96.2 cm³/mol. The van der Waals surface area contributed by atoms with E-state index in [0.29, 0.717) is 6.42 Å². The molecular formula is C20H36O2. The van der Waals surface area contributed by atoms with Crippen molar-refractivity contribution in [3.63, 3.8) is 0 Å². The first-order valence-corrected chi connectivity index (χ1v) is 9.29. The molecular weight excluding hydrogens is 272 g/mol. The lowest BCUT2D eigenvalue weighted by Crippen LogP contribution is -1.91. The number of aliphatic carboxylic acids is 1. The van der Waals surface area contributed by atoms with Gasteiger partial charge in [0.1, 0.15) is 0 Å². The number of hydrogen-bond donors (Lipinski definition) is 1. The zero-order valence-electron chi connectivity index (χ0n) is 14.6. The van der Waals surface area contributed by atoms with Crippen molar-refractivity contribution >= 4 is 5.97 Å². The third-order valence-corrected chi connectivity index (χ3v) is 3.82. The van der Waals surface area contributed by atoms with Gasteiger partial charge in [0.25, 0.3) is 0 Å². The molecule has 128 valence electrons. The second-order valence-corrected chi connectivity index (χ2v) is 6.07. The Bertz CT molecular complexity index is 292. The maximum absolute atomic E-state index is 10.3. The minimum Gasteiger partial charge on any atom is -0.481 e. The van der Waals surface area contributed by atoms with Gasteiger partial charge >= 0.3 is 5.97 Å². The van der Waals surface area contributed by atoms with Crippen LogP contribution in [0.3, 0.4) is 0 Å². The lowest BCUT2D eigenvalue weighted by Gasteiger charge is -1.98. The summed E-state index contributed by atoms with van der Waals surface area (Å²) in [6.07, 6.45) is 25.3. The number of carbonyl (C=O) groups is 1. The van der Waals surface area contributed by atoms with Gasteiger partial charge in [0.15, 0.2) is 0 Å². The van der Waals surface area contributed by atoms with Gasteiger partial charge in [0, 0.05) is 6.42 Å². The zero-order valence-corrected chi connectivity index (χ0v) is 14.6. The fraction of sp³-hybridized carbons (Fsp3) is 0.750. The topological polar surface area (TPSA) is 37.3 Å². The average Bonchev–Trinajstić information content (AvgIpc) is 2.50. The summed E-state index contributed by atoms with van der Waals surface area (Å²) < 4.78 is 0. The lowest BCUT2D eigenvalue weighted by molar-refractivity contribution is -0.136. The summed E-state index contributed by atoms with van der Waals surface area (Å²) in [6.45, 7) is 2.26. The molecule has 1 N–H and O–H groups in total. The van der Waals surface area contributed by atoms with Crippen molar-refractivity contribution in [2.75, 3.05) is 0 Å². The van der Waals surface area contributed by atoms with E-state index in [4.69, 9.17) is 5.11 Å². The summed E-state index contributed by atoms with van der Waals surface area (Å²) in [5.41, 5.74) is 0. The fourth-order valence-corrected chi connectivity index (χ4v) is 2.42. The molecule has 2 heteroatoms. The summed E-state index contributed by atoms with van der Waals surface area (Å²) in [6, 6.07) is 0. The highest BCUT2D eigenvalue weighted by Crippen LogP contribution is 2.09. The van der Waals surface area contributed by atoms with Crippen molar-refractivity contribution in [3.8, 4) is 0 Å². The second-order valence-electron chi connectivity index (χ2n) is 6.07. The number of carboxylic acids is 1. The number of unbranched alkanes of at least 4 members (excludes halogenated alkanes) is 10. The molecule has 0 rings (SSSR count). The van der Waals surface area contributed by atoms with Crippen LogP contribution in [-0.4, -0.2) is 11.1 Å². The molecule has 0 atom stereocenters. The monoisotopic (exact) mass is 308 g/mol. The first kappa shape index (κ1) is 20.9. The molecule has 0 aromatic carbocycles. The molecule has 0 aromatic heterocycles. The lowest BCUT2D eigenvalue weighted by atomic mass is 10.1. The van der Waals surface area contributed by atoms with E-state index < -0.39 is 5.97 Å². The molecule has 0 aliphatic rings. The van der Waals surface area contributed by atoms with E-state index in [-0.39, 0.29) is 6.42 Å². The molecule has 0 bridgehead atoms. The molecule has 0 radical (unpaired) electrons. The molecule has 0 spiro atoms. The van der Waals surface area contributed by atoms with Gasteiger partial charge in [-0.25, -0.2) is 0 Å². The molecule has 0 saturated carbocycles. The minimum atomic E-state index is -0.709. The fourth-order valence-electron chi connectivity index (χ4n) is 2.42.